The number of hydrogen-bond acceptors (Lipinski definition) is 5. The van der Waals surface area contributed by atoms with Crippen molar-refractivity contribution in [3.8, 4) is 11.6 Å². The molecule has 3 rings (SSSR count). The first-order valence-electron chi connectivity index (χ1n) is 9.79. The van der Waals surface area contributed by atoms with E-state index in [1.165, 1.54) is 0 Å². The maximum atomic E-state index is 13.0. The molecule has 3 aromatic rings. The van der Waals surface area contributed by atoms with Crippen molar-refractivity contribution in [2.75, 3.05) is 18.5 Å². The van der Waals surface area contributed by atoms with E-state index in [1.807, 2.05) is 39.0 Å². The molecule has 2 N–H and O–H groups in total. The van der Waals surface area contributed by atoms with Gasteiger partial charge in [-0.2, -0.15) is 5.10 Å². The molecule has 0 aliphatic carbocycles. The number of nitrogens with zero attached hydrogens (tertiary/aromatic N) is 3. The van der Waals surface area contributed by atoms with Gasteiger partial charge in [0.05, 0.1) is 17.5 Å². The van der Waals surface area contributed by atoms with E-state index in [-0.39, 0.29) is 24.3 Å². The summed E-state index contributed by atoms with van der Waals surface area (Å²) in [5.41, 5.74) is 1.81. The highest BCUT2D eigenvalue weighted by Gasteiger charge is 2.21. The lowest BCUT2D eigenvalue weighted by atomic mass is 10.1. The number of likely N-dealkylation sites (N-methyl/N-ethyl adjacent to an activating group) is 1. The van der Waals surface area contributed by atoms with Crippen LogP contribution < -0.4 is 15.4 Å². The molecule has 0 saturated carbocycles. The molecular formula is C22H25N5O3. The van der Waals surface area contributed by atoms with Crippen LogP contribution in [-0.4, -0.2) is 39.7 Å². The third-order valence-electron chi connectivity index (χ3n) is 4.30. The predicted octanol–water partition coefficient (Wildman–Crippen LogP) is 3.16. The van der Waals surface area contributed by atoms with Gasteiger partial charge in [0.15, 0.2) is 12.4 Å². The number of rotatable bonds is 8. The molecule has 8 heteroatoms. The van der Waals surface area contributed by atoms with Crippen LogP contribution in [0.4, 0.5) is 5.69 Å². The molecular weight excluding hydrogens is 382 g/mol. The monoisotopic (exact) mass is 407 g/mol. The second-order valence-electron chi connectivity index (χ2n) is 6.92. The highest BCUT2D eigenvalue weighted by molar-refractivity contribution is 6.05. The summed E-state index contributed by atoms with van der Waals surface area (Å²) in [5.74, 6) is 0.729. The van der Waals surface area contributed by atoms with E-state index in [0.29, 0.717) is 29.4 Å². The second kappa shape index (κ2) is 9.69. The van der Waals surface area contributed by atoms with E-state index in [1.54, 1.807) is 41.3 Å². The minimum Gasteiger partial charge on any atom is -0.484 e. The zero-order valence-electron chi connectivity index (χ0n) is 17.3. The van der Waals surface area contributed by atoms with Crippen LogP contribution in [0, 0.1) is 0 Å². The Hall–Kier alpha value is -3.68. The first-order valence-corrected chi connectivity index (χ1v) is 9.79. The van der Waals surface area contributed by atoms with Gasteiger partial charge in [-0.15, -0.1) is 0 Å². The maximum Gasteiger partial charge on any atom is 0.259 e. The summed E-state index contributed by atoms with van der Waals surface area (Å²) < 4.78 is 7.17. The zero-order chi connectivity index (χ0) is 21.5. The van der Waals surface area contributed by atoms with E-state index < -0.39 is 0 Å². The number of ether oxygens (including phenoxy) is 1. The summed E-state index contributed by atoms with van der Waals surface area (Å²) in [6.07, 6.45) is 3.24. The Kier molecular flexibility index (Phi) is 6.79. The highest BCUT2D eigenvalue weighted by Crippen LogP contribution is 2.24. The molecule has 0 bridgehead atoms. The molecule has 30 heavy (non-hydrogen) atoms. The lowest BCUT2D eigenvalue weighted by molar-refractivity contribution is -0.122. The largest absolute Gasteiger partial charge is 0.484 e. The van der Waals surface area contributed by atoms with Crippen molar-refractivity contribution in [2.45, 2.75) is 26.7 Å². The number of amides is 2. The van der Waals surface area contributed by atoms with Gasteiger partial charge in [0.1, 0.15) is 5.75 Å². The van der Waals surface area contributed by atoms with Gasteiger partial charge < -0.3 is 15.4 Å². The summed E-state index contributed by atoms with van der Waals surface area (Å²) >= 11 is 0. The van der Waals surface area contributed by atoms with Crippen molar-refractivity contribution in [1.29, 1.82) is 0 Å². The van der Waals surface area contributed by atoms with Crippen molar-refractivity contribution in [1.82, 2.24) is 20.1 Å². The normalized spacial score (nSPS) is 10.7. The van der Waals surface area contributed by atoms with Gasteiger partial charge in [0.25, 0.3) is 11.8 Å². The van der Waals surface area contributed by atoms with Gasteiger partial charge in [-0.25, -0.2) is 9.67 Å². The topological polar surface area (TPSA) is 98.1 Å². The molecule has 2 heterocycles. The molecule has 0 radical (unpaired) electrons. The standard InChI is InChI=1S/C22H25N5O3/c1-4-23-20(28)14-30-17-9-7-8-16(12-17)26-22(29)18-13-25-27(21(18)15(2)3)19-10-5-6-11-24-19/h5-13,15H,4,14H2,1-3H3,(H,23,28)(H,26,29). The molecule has 0 atom stereocenters. The Morgan fingerprint density at radius 2 is 2.00 bits per heavy atom. The zero-order valence-corrected chi connectivity index (χ0v) is 17.3. The molecule has 2 aromatic heterocycles. The van der Waals surface area contributed by atoms with Crippen LogP contribution in [0.3, 0.4) is 0 Å². The average Bonchev–Trinajstić information content (AvgIpc) is 3.19. The van der Waals surface area contributed by atoms with Crippen molar-refractivity contribution < 1.29 is 14.3 Å². The first-order chi connectivity index (χ1) is 14.5. The van der Waals surface area contributed by atoms with Crippen molar-refractivity contribution >= 4 is 17.5 Å². The minimum atomic E-state index is -0.276. The summed E-state index contributed by atoms with van der Waals surface area (Å²) in [6, 6.07) is 12.5. The van der Waals surface area contributed by atoms with Crippen molar-refractivity contribution in [2.24, 2.45) is 0 Å². The van der Waals surface area contributed by atoms with E-state index in [9.17, 15) is 9.59 Å². The van der Waals surface area contributed by atoms with Crippen LogP contribution in [0.15, 0.2) is 54.9 Å². The Labute approximate surface area is 175 Å². The smallest absolute Gasteiger partial charge is 0.259 e. The van der Waals surface area contributed by atoms with Gasteiger partial charge in [-0.05, 0) is 37.1 Å². The quantitative estimate of drug-likeness (QED) is 0.598. The van der Waals surface area contributed by atoms with E-state index in [4.69, 9.17) is 4.74 Å². The Balaban J connectivity index is 1.77. The molecule has 0 unspecified atom stereocenters. The molecule has 0 aliphatic rings. The van der Waals surface area contributed by atoms with Crippen LogP contribution in [-0.2, 0) is 4.79 Å². The number of benzene rings is 1. The molecule has 0 saturated heterocycles. The lowest BCUT2D eigenvalue weighted by Gasteiger charge is -2.13. The first kappa shape index (κ1) is 21.0. The fourth-order valence-electron chi connectivity index (χ4n) is 3.01. The average molecular weight is 407 g/mol. The van der Waals surface area contributed by atoms with Gasteiger partial charge in [-0.1, -0.05) is 26.0 Å². The van der Waals surface area contributed by atoms with Crippen molar-refractivity contribution in [3.05, 3.63) is 66.1 Å². The van der Waals surface area contributed by atoms with Crippen LogP contribution in [0.2, 0.25) is 0 Å². The molecule has 0 aliphatic heterocycles. The summed E-state index contributed by atoms with van der Waals surface area (Å²) in [6.45, 7) is 6.31. The number of anilines is 1. The number of carbonyl (C=O) groups is 2. The summed E-state index contributed by atoms with van der Waals surface area (Å²) in [4.78, 5) is 28.8. The predicted molar refractivity (Wildman–Crippen MR) is 114 cm³/mol. The Morgan fingerprint density at radius 3 is 2.70 bits per heavy atom. The minimum absolute atomic E-state index is 0.0574. The third kappa shape index (κ3) is 5.02. The van der Waals surface area contributed by atoms with Gasteiger partial charge >= 0.3 is 0 Å². The Bertz CT molecular complexity index is 1010. The van der Waals surface area contributed by atoms with Crippen LogP contribution >= 0.6 is 0 Å². The summed E-state index contributed by atoms with van der Waals surface area (Å²) in [7, 11) is 0. The molecule has 2 amide bonds. The molecule has 156 valence electrons. The fourth-order valence-corrected chi connectivity index (χ4v) is 3.01. The van der Waals surface area contributed by atoms with Crippen LogP contribution in [0.25, 0.3) is 5.82 Å². The van der Waals surface area contributed by atoms with Crippen molar-refractivity contribution in [3.63, 3.8) is 0 Å². The van der Waals surface area contributed by atoms with Crippen LogP contribution in [0.5, 0.6) is 5.75 Å². The number of hydrogen-bond donors (Lipinski definition) is 2. The summed E-state index contributed by atoms with van der Waals surface area (Å²) in [5, 5.41) is 9.93. The van der Waals surface area contributed by atoms with Gasteiger partial charge in [-0.3, -0.25) is 9.59 Å². The van der Waals surface area contributed by atoms with E-state index >= 15 is 0 Å². The SMILES string of the molecule is CCNC(=O)COc1cccc(NC(=O)c2cnn(-c3ccccn3)c2C(C)C)c1. The lowest BCUT2D eigenvalue weighted by Crippen LogP contribution is -2.28. The second-order valence-corrected chi connectivity index (χ2v) is 6.92. The third-order valence-corrected chi connectivity index (χ3v) is 4.30. The number of aromatic nitrogens is 3. The van der Waals surface area contributed by atoms with Gasteiger partial charge in [0.2, 0.25) is 0 Å². The number of nitrogens with one attached hydrogen (secondary N) is 2. The fraction of sp³-hybridized carbons (Fsp3) is 0.273. The molecule has 0 spiro atoms. The van der Waals surface area contributed by atoms with E-state index in [2.05, 4.69) is 20.7 Å². The van der Waals surface area contributed by atoms with Gasteiger partial charge in [0, 0.05) is 24.5 Å². The Morgan fingerprint density at radius 1 is 1.17 bits per heavy atom. The maximum absolute atomic E-state index is 13.0. The number of pyridine rings is 1. The van der Waals surface area contributed by atoms with Crippen LogP contribution in [0.1, 0.15) is 42.7 Å². The van der Waals surface area contributed by atoms with E-state index in [0.717, 1.165) is 5.69 Å². The molecule has 1 aromatic carbocycles. The molecule has 8 nitrogen and oxygen atoms in total. The molecule has 0 fully saturated rings. The number of carbonyl (C=O) groups excluding carboxylic acids is 2. The highest BCUT2D eigenvalue weighted by atomic mass is 16.5.